The number of anilines is 2. The van der Waals surface area contributed by atoms with Crippen LogP contribution in [0.2, 0.25) is 0 Å². The van der Waals surface area contributed by atoms with E-state index in [9.17, 15) is 4.79 Å². The van der Waals surface area contributed by atoms with Gasteiger partial charge in [-0.15, -0.1) is 11.3 Å². The number of furan rings is 1. The van der Waals surface area contributed by atoms with Crippen LogP contribution in [-0.2, 0) is 6.42 Å². The van der Waals surface area contributed by atoms with Crippen LogP contribution in [0.25, 0.3) is 0 Å². The van der Waals surface area contributed by atoms with Crippen LogP contribution in [0.4, 0.5) is 10.9 Å². The Hall–Kier alpha value is -3.65. The number of benzene rings is 1. The molecule has 3 aromatic heterocycles. The van der Waals surface area contributed by atoms with Crippen LogP contribution in [-0.4, -0.2) is 23.0 Å². The van der Waals surface area contributed by atoms with Gasteiger partial charge in [0.05, 0.1) is 19.4 Å². The van der Waals surface area contributed by atoms with Crippen molar-refractivity contribution in [3.8, 4) is 5.75 Å². The molecular formula is C25H26N4O3S. The molecule has 0 radical (unpaired) electrons. The third kappa shape index (κ3) is 5.06. The van der Waals surface area contributed by atoms with E-state index in [2.05, 4.69) is 33.6 Å². The van der Waals surface area contributed by atoms with Crippen molar-refractivity contribution in [2.24, 2.45) is 0 Å². The minimum atomic E-state index is -0.356. The van der Waals surface area contributed by atoms with Crippen LogP contribution in [0.15, 0.2) is 59.2 Å². The zero-order valence-corrected chi connectivity index (χ0v) is 19.8. The number of nitrogens with zero attached hydrogens (tertiary/aromatic N) is 2. The molecule has 0 bridgehead atoms. The van der Waals surface area contributed by atoms with Crippen molar-refractivity contribution in [3.63, 3.8) is 0 Å². The van der Waals surface area contributed by atoms with Gasteiger partial charge in [-0.3, -0.25) is 4.79 Å². The summed E-state index contributed by atoms with van der Waals surface area (Å²) in [5.74, 6) is 1.20. The molecule has 7 nitrogen and oxygen atoms in total. The highest BCUT2D eigenvalue weighted by molar-refractivity contribution is 7.16. The van der Waals surface area contributed by atoms with Crippen LogP contribution in [0.1, 0.15) is 50.9 Å². The molecule has 1 aromatic carbocycles. The molecule has 0 saturated carbocycles. The Balaban J connectivity index is 1.81. The number of ether oxygens (including phenoxy) is 1. The molecule has 0 aliphatic heterocycles. The Morgan fingerprint density at radius 3 is 2.52 bits per heavy atom. The van der Waals surface area contributed by atoms with Gasteiger partial charge in [0.2, 0.25) is 5.95 Å². The lowest BCUT2D eigenvalue weighted by Gasteiger charge is -2.22. The van der Waals surface area contributed by atoms with Gasteiger partial charge >= 0.3 is 0 Å². The second-order valence-corrected chi connectivity index (χ2v) is 8.71. The number of methoxy groups -OCH3 is 1. The second kappa shape index (κ2) is 9.87. The van der Waals surface area contributed by atoms with E-state index in [1.807, 2.05) is 44.2 Å². The fourth-order valence-corrected chi connectivity index (χ4v) is 4.70. The molecule has 0 aliphatic carbocycles. The predicted octanol–water partition coefficient (Wildman–Crippen LogP) is 5.77. The molecule has 4 rings (SSSR count). The molecule has 1 unspecified atom stereocenters. The minimum Gasteiger partial charge on any atom is -0.496 e. The van der Waals surface area contributed by atoms with E-state index in [1.54, 1.807) is 30.6 Å². The fourth-order valence-electron chi connectivity index (χ4n) is 3.66. The summed E-state index contributed by atoms with van der Waals surface area (Å²) in [4.78, 5) is 23.1. The fraction of sp³-hybridized carbons (Fsp3) is 0.240. The smallest absolute Gasteiger partial charge is 0.291 e. The van der Waals surface area contributed by atoms with Crippen molar-refractivity contribution in [2.75, 3.05) is 17.7 Å². The minimum absolute atomic E-state index is 0.256. The number of hydrogen-bond acceptors (Lipinski definition) is 7. The molecule has 170 valence electrons. The second-order valence-electron chi connectivity index (χ2n) is 7.58. The molecule has 0 fully saturated rings. The van der Waals surface area contributed by atoms with Gasteiger partial charge in [0.15, 0.2) is 5.76 Å². The van der Waals surface area contributed by atoms with E-state index in [-0.39, 0.29) is 17.7 Å². The Morgan fingerprint density at radius 2 is 1.85 bits per heavy atom. The maximum absolute atomic E-state index is 12.8. The third-order valence-corrected chi connectivity index (χ3v) is 6.36. The van der Waals surface area contributed by atoms with Crippen LogP contribution >= 0.6 is 11.3 Å². The lowest BCUT2D eigenvalue weighted by atomic mass is 9.98. The van der Waals surface area contributed by atoms with E-state index in [1.165, 1.54) is 6.26 Å². The molecule has 1 atom stereocenters. The monoisotopic (exact) mass is 462 g/mol. The number of amides is 1. The van der Waals surface area contributed by atoms with E-state index >= 15 is 0 Å². The average Bonchev–Trinajstić information content (AvgIpc) is 3.47. The predicted molar refractivity (Wildman–Crippen MR) is 130 cm³/mol. The van der Waals surface area contributed by atoms with Crippen LogP contribution in [0.3, 0.4) is 0 Å². The van der Waals surface area contributed by atoms with Crippen molar-refractivity contribution in [3.05, 3.63) is 87.9 Å². The summed E-state index contributed by atoms with van der Waals surface area (Å²) in [6.07, 6.45) is 2.32. The van der Waals surface area contributed by atoms with Crippen LogP contribution < -0.4 is 15.4 Å². The number of carbonyl (C=O) groups is 1. The molecule has 1 amide bonds. The number of aromatic nitrogens is 2. The highest BCUT2D eigenvalue weighted by Gasteiger charge is 2.26. The first-order chi connectivity index (χ1) is 16.0. The van der Waals surface area contributed by atoms with E-state index < -0.39 is 0 Å². The first kappa shape index (κ1) is 22.5. The number of rotatable bonds is 8. The highest BCUT2D eigenvalue weighted by Crippen LogP contribution is 2.40. The molecular weight excluding hydrogens is 436 g/mol. The first-order valence-corrected chi connectivity index (χ1v) is 11.5. The van der Waals surface area contributed by atoms with Gasteiger partial charge in [-0.1, -0.05) is 25.1 Å². The van der Waals surface area contributed by atoms with E-state index in [0.717, 1.165) is 44.6 Å². The number of thiophene rings is 1. The summed E-state index contributed by atoms with van der Waals surface area (Å²) < 4.78 is 10.9. The normalized spacial score (nSPS) is 11.8. The quantitative estimate of drug-likeness (QED) is 0.345. The maximum atomic E-state index is 12.8. The molecule has 8 heteroatoms. The summed E-state index contributed by atoms with van der Waals surface area (Å²) in [7, 11) is 1.65. The Morgan fingerprint density at radius 1 is 1.09 bits per heavy atom. The Bertz CT molecular complexity index is 1230. The summed E-state index contributed by atoms with van der Waals surface area (Å²) >= 11 is 1.54. The third-order valence-electron chi connectivity index (χ3n) is 5.15. The largest absolute Gasteiger partial charge is 0.496 e. The zero-order chi connectivity index (χ0) is 23.4. The first-order valence-electron chi connectivity index (χ1n) is 10.7. The van der Waals surface area contributed by atoms with Gasteiger partial charge in [-0.25, -0.2) is 9.97 Å². The van der Waals surface area contributed by atoms with Gasteiger partial charge < -0.3 is 19.8 Å². The number of para-hydroxylation sites is 1. The number of aryl methyl sites for hydroxylation is 3. The standard InChI is InChI=1S/C25H26N4O3S/c1-5-17-14-19(24(33-17)29-23(30)21-11-8-12-32-21)22(18-9-6-7-10-20(18)31-4)28-25-26-15(2)13-16(3)27-25/h6-14,22H,5H2,1-4H3,(H,29,30)(H,26,27,28). The topological polar surface area (TPSA) is 89.3 Å². The lowest BCUT2D eigenvalue weighted by Crippen LogP contribution is -2.18. The molecule has 0 spiro atoms. The molecule has 33 heavy (non-hydrogen) atoms. The highest BCUT2D eigenvalue weighted by atomic mass is 32.1. The molecule has 4 aromatic rings. The van der Waals surface area contributed by atoms with Gasteiger partial charge in [-0.2, -0.15) is 0 Å². The summed E-state index contributed by atoms with van der Waals surface area (Å²) in [6, 6.07) is 14.8. The Labute approximate surface area is 196 Å². The van der Waals surface area contributed by atoms with E-state index in [4.69, 9.17) is 9.15 Å². The summed E-state index contributed by atoms with van der Waals surface area (Å²) in [6.45, 7) is 5.96. The number of nitrogens with one attached hydrogen (secondary N) is 2. The molecule has 0 saturated heterocycles. The van der Waals surface area contributed by atoms with Crippen LogP contribution in [0.5, 0.6) is 5.75 Å². The number of carbonyl (C=O) groups excluding carboxylic acids is 1. The number of hydrogen-bond donors (Lipinski definition) is 2. The maximum Gasteiger partial charge on any atom is 0.291 e. The van der Waals surface area contributed by atoms with Gasteiger partial charge in [0, 0.05) is 27.4 Å². The van der Waals surface area contributed by atoms with Gasteiger partial charge in [-0.05, 0) is 50.6 Å². The molecule has 0 aliphatic rings. The van der Waals surface area contributed by atoms with Gasteiger partial charge in [0.25, 0.3) is 5.91 Å². The van der Waals surface area contributed by atoms with Crippen molar-refractivity contribution in [1.29, 1.82) is 0 Å². The van der Waals surface area contributed by atoms with Crippen molar-refractivity contribution in [1.82, 2.24) is 9.97 Å². The SMILES string of the molecule is CCc1cc(C(Nc2nc(C)cc(C)n2)c2ccccc2OC)c(NC(=O)c2ccco2)s1. The summed E-state index contributed by atoms with van der Waals surface area (Å²) in [5.41, 5.74) is 3.56. The van der Waals surface area contributed by atoms with E-state index in [0.29, 0.717) is 5.95 Å². The van der Waals surface area contributed by atoms with Crippen molar-refractivity contribution < 1.29 is 13.9 Å². The van der Waals surface area contributed by atoms with Gasteiger partial charge in [0.1, 0.15) is 10.8 Å². The Kier molecular flexibility index (Phi) is 6.74. The van der Waals surface area contributed by atoms with Crippen molar-refractivity contribution >= 4 is 28.2 Å². The molecule has 2 N–H and O–H groups in total. The average molecular weight is 463 g/mol. The lowest BCUT2D eigenvalue weighted by molar-refractivity contribution is 0.0997. The van der Waals surface area contributed by atoms with Crippen LogP contribution in [0, 0.1) is 13.8 Å². The molecule has 3 heterocycles. The summed E-state index contributed by atoms with van der Waals surface area (Å²) in [5, 5.41) is 7.25. The van der Waals surface area contributed by atoms with Crippen molar-refractivity contribution in [2.45, 2.75) is 33.2 Å². The zero-order valence-electron chi connectivity index (χ0n) is 19.0.